The van der Waals surface area contributed by atoms with Gasteiger partial charge < -0.3 is 9.90 Å². The summed E-state index contributed by atoms with van der Waals surface area (Å²) in [5, 5.41) is 9.66. The van der Waals surface area contributed by atoms with E-state index >= 15 is 0 Å². The lowest BCUT2D eigenvalue weighted by atomic mass is 10.1. The van der Waals surface area contributed by atoms with E-state index in [1.807, 2.05) is 6.92 Å². The van der Waals surface area contributed by atoms with Gasteiger partial charge in [-0.15, -0.1) is 0 Å². The van der Waals surface area contributed by atoms with Gasteiger partial charge in [-0.25, -0.2) is 0 Å². The van der Waals surface area contributed by atoms with Crippen LogP contribution in [0.5, 0.6) is 5.75 Å². The van der Waals surface area contributed by atoms with Crippen LogP contribution in [0.15, 0.2) is 12.1 Å². The van der Waals surface area contributed by atoms with Gasteiger partial charge in [0.25, 0.3) is 0 Å². The largest absolute Gasteiger partial charge is 0.506 e. The van der Waals surface area contributed by atoms with E-state index in [9.17, 15) is 9.90 Å². The number of aldehydes is 1. The Morgan fingerprint density at radius 3 is 2.83 bits per heavy atom. The molecule has 0 aliphatic rings. The van der Waals surface area contributed by atoms with E-state index in [0.717, 1.165) is 11.8 Å². The molecule has 2 nitrogen and oxygen atoms in total. The molecule has 0 bridgehead atoms. The smallest absolute Gasteiger partial charge is 0.137 e. The summed E-state index contributed by atoms with van der Waals surface area (Å²) in [7, 11) is 0. The zero-order valence-corrected chi connectivity index (χ0v) is 7.43. The van der Waals surface area contributed by atoms with Crippen LogP contribution in [0.25, 0.3) is 0 Å². The summed E-state index contributed by atoms with van der Waals surface area (Å²) in [6.45, 7) is 1.86. The summed E-state index contributed by atoms with van der Waals surface area (Å²) in [6, 6.07) is 3.40. The van der Waals surface area contributed by atoms with Crippen molar-refractivity contribution in [2.75, 3.05) is 0 Å². The van der Waals surface area contributed by atoms with Gasteiger partial charge in [-0.3, -0.25) is 0 Å². The fraction of sp³-hybridized carbons (Fsp3) is 0.222. The molecular weight excluding hydrogens is 176 g/mol. The van der Waals surface area contributed by atoms with Crippen LogP contribution in [0, 0.1) is 6.92 Å². The molecule has 0 saturated heterocycles. The summed E-state index contributed by atoms with van der Waals surface area (Å²) in [4.78, 5) is 10.2. The number of hydrogen-bond donors (Lipinski definition) is 1. The van der Waals surface area contributed by atoms with Crippen molar-refractivity contribution >= 4 is 17.9 Å². The first-order valence-corrected chi connectivity index (χ1v) is 3.94. The molecule has 0 aliphatic carbocycles. The lowest BCUT2D eigenvalue weighted by Gasteiger charge is -2.03. The standard InChI is InChI=1S/C9H9ClO2/c1-6-4-7(2-3-11)9(12)8(10)5-6/h3-5,12H,2H2,1H3. The molecule has 0 radical (unpaired) electrons. The second kappa shape index (κ2) is 3.59. The number of aryl methyl sites for hydroxylation is 1. The van der Waals surface area contributed by atoms with E-state index < -0.39 is 0 Å². The average Bonchev–Trinajstić information content (AvgIpc) is 2.00. The Hall–Kier alpha value is -1.02. The predicted octanol–water partition coefficient (Wildman–Crippen LogP) is 2.10. The predicted molar refractivity (Wildman–Crippen MR) is 47.6 cm³/mol. The van der Waals surface area contributed by atoms with E-state index in [1.165, 1.54) is 0 Å². The molecule has 0 aromatic heterocycles. The average molecular weight is 185 g/mol. The molecule has 0 atom stereocenters. The molecule has 64 valence electrons. The number of halogens is 1. The van der Waals surface area contributed by atoms with Crippen LogP contribution in [0.1, 0.15) is 11.1 Å². The highest BCUT2D eigenvalue weighted by molar-refractivity contribution is 6.32. The fourth-order valence-electron chi connectivity index (χ4n) is 1.05. The number of aromatic hydroxyl groups is 1. The topological polar surface area (TPSA) is 37.3 Å². The SMILES string of the molecule is Cc1cc(Cl)c(O)c(CC=O)c1. The van der Waals surface area contributed by atoms with E-state index in [2.05, 4.69) is 0 Å². The van der Waals surface area contributed by atoms with Gasteiger partial charge in [0, 0.05) is 12.0 Å². The Bertz CT molecular complexity index is 308. The van der Waals surface area contributed by atoms with Crippen LogP contribution >= 0.6 is 11.6 Å². The van der Waals surface area contributed by atoms with Crippen LogP contribution in [-0.4, -0.2) is 11.4 Å². The quantitative estimate of drug-likeness (QED) is 0.715. The van der Waals surface area contributed by atoms with Gasteiger partial charge in [0.05, 0.1) is 5.02 Å². The van der Waals surface area contributed by atoms with Crippen molar-refractivity contribution < 1.29 is 9.90 Å². The maximum absolute atomic E-state index is 10.2. The summed E-state index contributed by atoms with van der Waals surface area (Å²) in [6.07, 6.45) is 0.943. The van der Waals surface area contributed by atoms with Crippen LogP contribution in [-0.2, 0) is 11.2 Å². The molecule has 12 heavy (non-hydrogen) atoms. The Kier molecular flexibility index (Phi) is 2.71. The highest BCUT2D eigenvalue weighted by Crippen LogP contribution is 2.28. The van der Waals surface area contributed by atoms with Crippen LogP contribution < -0.4 is 0 Å². The van der Waals surface area contributed by atoms with Crippen molar-refractivity contribution in [3.8, 4) is 5.75 Å². The third kappa shape index (κ3) is 1.77. The van der Waals surface area contributed by atoms with Gasteiger partial charge in [-0.2, -0.15) is 0 Å². The molecule has 1 aromatic rings. The highest BCUT2D eigenvalue weighted by atomic mass is 35.5. The van der Waals surface area contributed by atoms with Crippen LogP contribution in [0.2, 0.25) is 5.02 Å². The van der Waals surface area contributed by atoms with E-state index in [4.69, 9.17) is 11.6 Å². The van der Waals surface area contributed by atoms with E-state index in [0.29, 0.717) is 10.6 Å². The first kappa shape index (κ1) is 9.07. The van der Waals surface area contributed by atoms with Gasteiger partial charge in [0.2, 0.25) is 0 Å². The van der Waals surface area contributed by atoms with E-state index in [-0.39, 0.29) is 12.2 Å². The number of phenolic OH excluding ortho intramolecular Hbond substituents is 1. The molecule has 0 fully saturated rings. The van der Waals surface area contributed by atoms with Crippen molar-refractivity contribution in [3.05, 3.63) is 28.3 Å². The number of carbonyl (C=O) groups excluding carboxylic acids is 1. The lowest BCUT2D eigenvalue weighted by molar-refractivity contribution is -0.107. The summed E-state index contributed by atoms with van der Waals surface area (Å²) < 4.78 is 0. The van der Waals surface area contributed by atoms with Crippen molar-refractivity contribution in [2.24, 2.45) is 0 Å². The Morgan fingerprint density at radius 2 is 2.25 bits per heavy atom. The van der Waals surface area contributed by atoms with Gasteiger partial charge in [-0.1, -0.05) is 17.7 Å². The fourth-order valence-corrected chi connectivity index (χ4v) is 1.35. The van der Waals surface area contributed by atoms with Gasteiger partial charge >= 0.3 is 0 Å². The molecule has 1 rings (SSSR count). The summed E-state index contributed by atoms with van der Waals surface area (Å²) in [5.41, 5.74) is 1.52. The zero-order chi connectivity index (χ0) is 9.14. The second-order valence-corrected chi connectivity index (χ2v) is 3.03. The molecule has 3 heteroatoms. The number of phenols is 1. The third-order valence-electron chi connectivity index (χ3n) is 1.59. The molecule has 0 heterocycles. The normalized spacial score (nSPS) is 9.83. The minimum Gasteiger partial charge on any atom is -0.506 e. The Balaban J connectivity index is 3.17. The molecule has 0 unspecified atom stereocenters. The minimum atomic E-state index is 0.00867. The van der Waals surface area contributed by atoms with Crippen molar-refractivity contribution in [3.63, 3.8) is 0 Å². The first-order valence-electron chi connectivity index (χ1n) is 3.56. The summed E-state index contributed by atoms with van der Waals surface area (Å²) >= 11 is 5.69. The first-order chi connectivity index (χ1) is 5.65. The Labute approximate surface area is 75.8 Å². The van der Waals surface area contributed by atoms with Gasteiger partial charge in [0.1, 0.15) is 12.0 Å². The lowest BCUT2D eigenvalue weighted by Crippen LogP contribution is -1.88. The van der Waals surface area contributed by atoms with Crippen molar-refractivity contribution in [1.29, 1.82) is 0 Å². The maximum atomic E-state index is 10.2. The minimum absolute atomic E-state index is 0.00867. The second-order valence-electron chi connectivity index (χ2n) is 2.63. The molecule has 1 aromatic carbocycles. The number of hydrogen-bond acceptors (Lipinski definition) is 2. The molecular formula is C9H9ClO2. The molecule has 0 amide bonds. The maximum Gasteiger partial charge on any atom is 0.137 e. The van der Waals surface area contributed by atoms with Crippen molar-refractivity contribution in [2.45, 2.75) is 13.3 Å². The number of rotatable bonds is 2. The molecule has 0 saturated carbocycles. The monoisotopic (exact) mass is 184 g/mol. The molecule has 0 spiro atoms. The Morgan fingerprint density at radius 1 is 1.58 bits per heavy atom. The highest BCUT2D eigenvalue weighted by Gasteiger charge is 2.05. The van der Waals surface area contributed by atoms with Crippen LogP contribution in [0.3, 0.4) is 0 Å². The zero-order valence-electron chi connectivity index (χ0n) is 6.67. The van der Waals surface area contributed by atoms with Gasteiger partial charge in [0.15, 0.2) is 0 Å². The van der Waals surface area contributed by atoms with Crippen molar-refractivity contribution in [1.82, 2.24) is 0 Å². The molecule has 1 N–H and O–H groups in total. The summed E-state index contributed by atoms with van der Waals surface area (Å²) in [5.74, 6) is 0.00867. The van der Waals surface area contributed by atoms with Crippen LogP contribution in [0.4, 0.5) is 0 Å². The number of benzene rings is 1. The van der Waals surface area contributed by atoms with Gasteiger partial charge in [-0.05, 0) is 18.6 Å². The van der Waals surface area contributed by atoms with E-state index in [1.54, 1.807) is 12.1 Å². The number of carbonyl (C=O) groups is 1. The molecule has 0 aliphatic heterocycles. The third-order valence-corrected chi connectivity index (χ3v) is 1.88.